The Labute approximate surface area is 51.5 Å². The second-order valence-corrected chi connectivity index (χ2v) is 1.82. The van der Waals surface area contributed by atoms with Gasteiger partial charge in [0.1, 0.15) is 0 Å². The van der Waals surface area contributed by atoms with Gasteiger partial charge in [0.15, 0.2) is 0 Å². The number of rotatable bonds is 2. The van der Waals surface area contributed by atoms with E-state index in [0.717, 1.165) is 6.42 Å². The molecule has 1 unspecified atom stereocenters. The zero-order valence-corrected chi connectivity index (χ0v) is 5.78. The van der Waals surface area contributed by atoms with Gasteiger partial charge in [-0.25, -0.2) is 0 Å². The van der Waals surface area contributed by atoms with Crippen molar-refractivity contribution in [2.24, 2.45) is 0 Å². The van der Waals surface area contributed by atoms with E-state index < -0.39 is 0 Å². The third-order valence-electron chi connectivity index (χ3n) is 1.08. The SMILES string of the molecule is CC#CCC(C)NC. The minimum Gasteiger partial charge on any atom is -0.316 e. The van der Waals surface area contributed by atoms with Crippen LogP contribution in [0.4, 0.5) is 0 Å². The van der Waals surface area contributed by atoms with E-state index in [9.17, 15) is 0 Å². The fraction of sp³-hybridized carbons (Fsp3) is 0.714. The van der Waals surface area contributed by atoms with Crippen LogP contribution in [-0.2, 0) is 0 Å². The van der Waals surface area contributed by atoms with Crippen LogP contribution in [0.25, 0.3) is 0 Å². The minimum absolute atomic E-state index is 0.530. The third kappa shape index (κ3) is 3.70. The van der Waals surface area contributed by atoms with E-state index in [1.54, 1.807) is 0 Å². The van der Waals surface area contributed by atoms with Crippen LogP contribution in [0.3, 0.4) is 0 Å². The van der Waals surface area contributed by atoms with Crippen molar-refractivity contribution in [3.63, 3.8) is 0 Å². The highest BCUT2D eigenvalue weighted by molar-refractivity contribution is 4.96. The molecule has 0 fully saturated rings. The molecular weight excluding hydrogens is 98.1 g/mol. The highest BCUT2D eigenvalue weighted by atomic mass is 14.8. The second kappa shape index (κ2) is 4.67. The van der Waals surface area contributed by atoms with E-state index in [1.165, 1.54) is 0 Å². The number of nitrogens with one attached hydrogen (secondary N) is 1. The van der Waals surface area contributed by atoms with Gasteiger partial charge in [-0.2, -0.15) is 0 Å². The molecule has 0 rings (SSSR count). The van der Waals surface area contributed by atoms with Crippen LogP contribution in [-0.4, -0.2) is 13.1 Å². The average molecular weight is 111 g/mol. The maximum Gasteiger partial charge on any atom is 0.0240 e. The van der Waals surface area contributed by atoms with Crippen molar-refractivity contribution >= 4 is 0 Å². The first-order chi connectivity index (χ1) is 3.81. The Kier molecular flexibility index (Phi) is 4.39. The summed E-state index contributed by atoms with van der Waals surface area (Å²) in [7, 11) is 1.95. The first-order valence-electron chi connectivity index (χ1n) is 2.88. The van der Waals surface area contributed by atoms with Gasteiger partial charge in [0.25, 0.3) is 0 Å². The molecule has 1 nitrogen and oxygen atoms in total. The van der Waals surface area contributed by atoms with E-state index in [4.69, 9.17) is 0 Å². The van der Waals surface area contributed by atoms with Crippen LogP contribution >= 0.6 is 0 Å². The Bertz CT molecular complexity index is 96.7. The Morgan fingerprint density at radius 2 is 2.25 bits per heavy atom. The molecule has 0 aliphatic heterocycles. The average Bonchev–Trinajstić information content (AvgIpc) is 1.83. The second-order valence-electron chi connectivity index (χ2n) is 1.82. The molecule has 0 aromatic carbocycles. The summed E-state index contributed by atoms with van der Waals surface area (Å²) in [5.41, 5.74) is 0. The number of hydrogen-bond acceptors (Lipinski definition) is 1. The summed E-state index contributed by atoms with van der Waals surface area (Å²) >= 11 is 0. The van der Waals surface area contributed by atoms with Gasteiger partial charge in [0, 0.05) is 12.5 Å². The van der Waals surface area contributed by atoms with Crippen LogP contribution in [0.1, 0.15) is 20.3 Å². The molecule has 46 valence electrons. The fourth-order valence-electron chi connectivity index (χ4n) is 0.357. The highest BCUT2D eigenvalue weighted by Gasteiger charge is 1.89. The molecule has 0 saturated heterocycles. The molecule has 0 radical (unpaired) electrons. The zero-order valence-electron chi connectivity index (χ0n) is 5.78. The molecule has 0 saturated carbocycles. The standard InChI is InChI=1S/C7H13N/c1-4-5-6-7(2)8-3/h7-8H,6H2,1-3H3. The molecule has 0 aromatic heterocycles. The van der Waals surface area contributed by atoms with Crippen molar-refractivity contribution < 1.29 is 0 Å². The lowest BCUT2D eigenvalue weighted by atomic mass is 10.2. The molecule has 0 aromatic rings. The third-order valence-corrected chi connectivity index (χ3v) is 1.08. The summed E-state index contributed by atoms with van der Waals surface area (Å²) in [6.07, 6.45) is 0.951. The van der Waals surface area contributed by atoms with Crippen molar-refractivity contribution in [1.82, 2.24) is 5.32 Å². The summed E-state index contributed by atoms with van der Waals surface area (Å²) in [6.45, 7) is 3.98. The summed E-state index contributed by atoms with van der Waals surface area (Å²) in [5.74, 6) is 5.83. The Balaban J connectivity index is 3.19. The van der Waals surface area contributed by atoms with Crippen LogP contribution < -0.4 is 5.32 Å². The van der Waals surface area contributed by atoms with Gasteiger partial charge in [-0.05, 0) is 20.9 Å². The summed E-state index contributed by atoms with van der Waals surface area (Å²) < 4.78 is 0. The zero-order chi connectivity index (χ0) is 6.41. The Morgan fingerprint density at radius 3 is 2.62 bits per heavy atom. The lowest BCUT2D eigenvalue weighted by Gasteiger charge is -2.02. The lowest BCUT2D eigenvalue weighted by Crippen LogP contribution is -2.19. The van der Waals surface area contributed by atoms with Gasteiger partial charge >= 0.3 is 0 Å². The summed E-state index contributed by atoms with van der Waals surface area (Å²) in [6, 6.07) is 0.530. The molecule has 1 N–H and O–H groups in total. The van der Waals surface area contributed by atoms with E-state index in [0.29, 0.717) is 6.04 Å². The van der Waals surface area contributed by atoms with Crippen molar-refractivity contribution in [3.05, 3.63) is 0 Å². The molecule has 0 heterocycles. The predicted molar refractivity (Wildman–Crippen MR) is 36.6 cm³/mol. The minimum atomic E-state index is 0.530. The maximum atomic E-state index is 3.10. The molecule has 8 heavy (non-hydrogen) atoms. The van der Waals surface area contributed by atoms with Gasteiger partial charge in [-0.15, -0.1) is 11.8 Å². The quantitative estimate of drug-likeness (QED) is 0.524. The van der Waals surface area contributed by atoms with Gasteiger partial charge in [0.05, 0.1) is 0 Å². The molecule has 0 bridgehead atoms. The van der Waals surface area contributed by atoms with Crippen LogP contribution in [0.2, 0.25) is 0 Å². The summed E-state index contributed by atoms with van der Waals surface area (Å²) in [5, 5.41) is 3.10. The van der Waals surface area contributed by atoms with Gasteiger partial charge in [-0.3, -0.25) is 0 Å². The molecule has 0 spiro atoms. The maximum absolute atomic E-state index is 3.10. The lowest BCUT2D eigenvalue weighted by molar-refractivity contribution is 0.628. The predicted octanol–water partition coefficient (Wildman–Crippen LogP) is 1.01. The van der Waals surface area contributed by atoms with Gasteiger partial charge in [-0.1, -0.05) is 0 Å². The number of hydrogen-bond donors (Lipinski definition) is 1. The van der Waals surface area contributed by atoms with Crippen LogP contribution in [0.15, 0.2) is 0 Å². The van der Waals surface area contributed by atoms with E-state index in [-0.39, 0.29) is 0 Å². The first kappa shape index (κ1) is 7.52. The van der Waals surface area contributed by atoms with Crippen molar-refractivity contribution in [3.8, 4) is 11.8 Å². The Morgan fingerprint density at radius 1 is 1.62 bits per heavy atom. The Hall–Kier alpha value is -0.480. The van der Waals surface area contributed by atoms with Crippen LogP contribution in [0.5, 0.6) is 0 Å². The molecular formula is C7H13N. The topological polar surface area (TPSA) is 12.0 Å². The highest BCUT2D eigenvalue weighted by Crippen LogP contribution is 1.83. The van der Waals surface area contributed by atoms with E-state index in [2.05, 4.69) is 24.1 Å². The van der Waals surface area contributed by atoms with Crippen LogP contribution in [0, 0.1) is 11.8 Å². The fourth-order valence-corrected chi connectivity index (χ4v) is 0.357. The normalized spacial score (nSPS) is 11.9. The van der Waals surface area contributed by atoms with Crippen molar-refractivity contribution in [1.29, 1.82) is 0 Å². The van der Waals surface area contributed by atoms with Crippen molar-refractivity contribution in [2.75, 3.05) is 7.05 Å². The van der Waals surface area contributed by atoms with Gasteiger partial charge in [0.2, 0.25) is 0 Å². The molecule has 0 amide bonds. The summed E-state index contributed by atoms with van der Waals surface area (Å²) in [4.78, 5) is 0. The molecule has 0 aliphatic carbocycles. The largest absolute Gasteiger partial charge is 0.316 e. The van der Waals surface area contributed by atoms with Crippen molar-refractivity contribution in [2.45, 2.75) is 26.3 Å². The van der Waals surface area contributed by atoms with Gasteiger partial charge < -0.3 is 5.32 Å². The first-order valence-corrected chi connectivity index (χ1v) is 2.88. The molecule has 1 atom stereocenters. The smallest absolute Gasteiger partial charge is 0.0240 e. The molecule has 1 heteroatoms. The monoisotopic (exact) mass is 111 g/mol. The molecule has 0 aliphatic rings. The van der Waals surface area contributed by atoms with E-state index in [1.807, 2.05) is 14.0 Å². The van der Waals surface area contributed by atoms with E-state index >= 15 is 0 Å².